The van der Waals surface area contributed by atoms with E-state index >= 15 is 0 Å². The van der Waals surface area contributed by atoms with Gasteiger partial charge in [0, 0.05) is 49.3 Å². The Hall–Kier alpha value is -1.28. The molecule has 1 aromatic carbocycles. The van der Waals surface area contributed by atoms with E-state index in [0.29, 0.717) is 0 Å². The summed E-state index contributed by atoms with van der Waals surface area (Å²) in [4.78, 5) is 7.72. The molecule has 0 radical (unpaired) electrons. The summed E-state index contributed by atoms with van der Waals surface area (Å²) in [7, 11) is 1.81. The zero-order valence-corrected chi connectivity index (χ0v) is 19.0. The molecule has 0 amide bonds. The first-order chi connectivity index (χ1) is 11.9. The van der Waals surface area contributed by atoms with Gasteiger partial charge in [-0.15, -0.1) is 24.0 Å². The summed E-state index contributed by atoms with van der Waals surface area (Å²) in [6.07, 6.45) is 4.15. The van der Waals surface area contributed by atoms with Crippen LogP contribution in [0.25, 0.3) is 10.9 Å². The fraction of sp³-hybridized carbons (Fsp3) is 0.550. The number of hydrogen-bond donors (Lipinski definition) is 4. The van der Waals surface area contributed by atoms with E-state index in [9.17, 15) is 0 Å². The van der Waals surface area contributed by atoms with Crippen molar-refractivity contribution >= 4 is 40.8 Å². The lowest BCUT2D eigenvalue weighted by Gasteiger charge is -2.21. The van der Waals surface area contributed by atoms with Crippen LogP contribution in [-0.2, 0) is 12.8 Å². The fourth-order valence-electron chi connectivity index (χ4n) is 2.93. The van der Waals surface area contributed by atoms with E-state index in [4.69, 9.17) is 0 Å². The van der Waals surface area contributed by atoms with Gasteiger partial charge in [-0.2, -0.15) is 0 Å². The third-order valence-electron chi connectivity index (χ3n) is 4.25. The maximum Gasteiger partial charge on any atom is 0.191 e. The molecular weight excluding hydrogens is 437 g/mol. The molecular formula is C20H34IN5. The van der Waals surface area contributed by atoms with E-state index in [1.54, 1.807) is 0 Å². The first kappa shape index (κ1) is 22.8. The van der Waals surface area contributed by atoms with E-state index in [0.717, 1.165) is 38.4 Å². The highest BCUT2D eigenvalue weighted by atomic mass is 127. The number of halogens is 1. The van der Waals surface area contributed by atoms with Crippen LogP contribution in [0.1, 0.15) is 38.8 Å². The molecule has 0 aliphatic heterocycles. The average Bonchev–Trinajstić information content (AvgIpc) is 2.99. The largest absolute Gasteiger partial charge is 0.361 e. The van der Waals surface area contributed by atoms with Crippen molar-refractivity contribution in [1.82, 2.24) is 20.9 Å². The Kier molecular flexibility index (Phi) is 9.43. The lowest BCUT2D eigenvalue weighted by molar-refractivity contribution is 0.428. The standard InChI is InChI=1S/C20H33N5.HI/c1-6-15-8-7-9-17-16(14-24-18(15)17)10-11-22-19(21-5)23-12-13-25-20(2,3)4;/h7-9,14,24-25H,6,10-13H2,1-5H3,(H2,21,22,23);1H. The minimum Gasteiger partial charge on any atom is -0.361 e. The maximum absolute atomic E-state index is 4.29. The van der Waals surface area contributed by atoms with Gasteiger partial charge in [-0.05, 0) is 44.7 Å². The number of fused-ring (bicyclic) bond motifs is 1. The normalized spacial score (nSPS) is 12.1. The van der Waals surface area contributed by atoms with Gasteiger partial charge in [-0.1, -0.05) is 25.1 Å². The summed E-state index contributed by atoms with van der Waals surface area (Å²) in [5.41, 5.74) is 4.14. The summed E-state index contributed by atoms with van der Waals surface area (Å²) in [6.45, 7) is 11.3. The molecule has 0 unspecified atom stereocenters. The molecule has 0 saturated heterocycles. The van der Waals surface area contributed by atoms with E-state index in [2.05, 4.69) is 78.0 Å². The van der Waals surface area contributed by atoms with Gasteiger partial charge in [0.25, 0.3) is 0 Å². The number of nitrogens with one attached hydrogen (secondary N) is 4. The lowest BCUT2D eigenvalue weighted by atomic mass is 10.1. The Bertz CT molecular complexity index is 700. The molecule has 2 aromatic rings. The second-order valence-electron chi connectivity index (χ2n) is 7.36. The number of benzene rings is 1. The number of aliphatic imine (C=N–C) groups is 1. The van der Waals surface area contributed by atoms with E-state index < -0.39 is 0 Å². The summed E-state index contributed by atoms with van der Waals surface area (Å²) in [5, 5.41) is 11.5. The van der Waals surface area contributed by atoms with Gasteiger partial charge in [0.05, 0.1) is 0 Å². The molecule has 6 heteroatoms. The Morgan fingerprint density at radius 3 is 2.46 bits per heavy atom. The van der Waals surface area contributed by atoms with Crippen LogP contribution in [0.15, 0.2) is 29.4 Å². The fourth-order valence-corrected chi connectivity index (χ4v) is 2.93. The number of hydrogen-bond acceptors (Lipinski definition) is 2. The predicted molar refractivity (Wildman–Crippen MR) is 124 cm³/mol. The third kappa shape index (κ3) is 6.79. The Labute approximate surface area is 174 Å². The van der Waals surface area contributed by atoms with Gasteiger partial charge < -0.3 is 20.9 Å². The zero-order chi connectivity index (χ0) is 18.3. The molecule has 0 atom stereocenters. The zero-order valence-electron chi connectivity index (χ0n) is 16.7. The van der Waals surface area contributed by atoms with E-state index in [-0.39, 0.29) is 29.5 Å². The number of rotatable bonds is 7. The summed E-state index contributed by atoms with van der Waals surface area (Å²) in [6, 6.07) is 6.54. The highest BCUT2D eigenvalue weighted by molar-refractivity contribution is 14.0. The first-order valence-corrected chi connectivity index (χ1v) is 9.22. The average molecular weight is 471 g/mol. The molecule has 0 spiro atoms. The van der Waals surface area contributed by atoms with Crippen LogP contribution >= 0.6 is 24.0 Å². The van der Waals surface area contributed by atoms with Crippen LogP contribution in [0.3, 0.4) is 0 Å². The Morgan fingerprint density at radius 2 is 1.81 bits per heavy atom. The van der Waals surface area contributed by atoms with Crippen molar-refractivity contribution in [2.75, 3.05) is 26.7 Å². The smallest absolute Gasteiger partial charge is 0.191 e. The second kappa shape index (κ2) is 10.8. The van der Waals surface area contributed by atoms with E-state index in [1.165, 1.54) is 22.0 Å². The summed E-state index contributed by atoms with van der Waals surface area (Å²) >= 11 is 0. The molecule has 5 nitrogen and oxygen atoms in total. The number of nitrogens with zero attached hydrogens (tertiary/aromatic N) is 1. The van der Waals surface area contributed by atoms with Crippen molar-refractivity contribution in [2.45, 2.75) is 46.1 Å². The van der Waals surface area contributed by atoms with Gasteiger partial charge in [0.15, 0.2) is 5.96 Å². The van der Waals surface area contributed by atoms with Gasteiger partial charge >= 0.3 is 0 Å². The van der Waals surface area contributed by atoms with Crippen LogP contribution in [0.2, 0.25) is 0 Å². The minimum absolute atomic E-state index is 0. The topological polar surface area (TPSA) is 64.2 Å². The molecule has 0 aliphatic rings. The first-order valence-electron chi connectivity index (χ1n) is 9.22. The van der Waals surface area contributed by atoms with Crippen LogP contribution in [0, 0.1) is 0 Å². The van der Waals surface area contributed by atoms with Crippen molar-refractivity contribution in [3.05, 3.63) is 35.5 Å². The monoisotopic (exact) mass is 471 g/mol. The van der Waals surface area contributed by atoms with Gasteiger partial charge in [0.2, 0.25) is 0 Å². The maximum atomic E-state index is 4.29. The molecule has 1 heterocycles. The molecule has 26 heavy (non-hydrogen) atoms. The number of aromatic amines is 1. The van der Waals surface area contributed by atoms with Crippen molar-refractivity contribution in [1.29, 1.82) is 0 Å². The van der Waals surface area contributed by atoms with Crippen molar-refractivity contribution in [3.8, 4) is 0 Å². The third-order valence-corrected chi connectivity index (χ3v) is 4.25. The number of H-pyrrole nitrogens is 1. The van der Waals surface area contributed by atoms with E-state index in [1.807, 2.05) is 7.05 Å². The van der Waals surface area contributed by atoms with Crippen LogP contribution in [-0.4, -0.2) is 43.2 Å². The number of guanidine groups is 1. The molecule has 0 fully saturated rings. The summed E-state index contributed by atoms with van der Waals surface area (Å²) in [5.74, 6) is 0.852. The van der Waals surface area contributed by atoms with Crippen LogP contribution in [0.5, 0.6) is 0 Å². The van der Waals surface area contributed by atoms with Gasteiger partial charge in [-0.3, -0.25) is 4.99 Å². The Morgan fingerprint density at radius 1 is 1.08 bits per heavy atom. The number of aryl methyl sites for hydroxylation is 1. The van der Waals surface area contributed by atoms with Crippen LogP contribution < -0.4 is 16.0 Å². The molecule has 4 N–H and O–H groups in total. The molecule has 0 aliphatic carbocycles. The lowest BCUT2D eigenvalue weighted by Crippen LogP contribution is -2.44. The van der Waals surface area contributed by atoms with Crippen molar-refractivity contribution < 1.29 is 0 Å². The number of aromatic nitrogens is 1. The molecule has 146 valence electrons. The highest BCUT2D eigenvalue weighted by Crippen LogP contribution is 2.22. The van der Waals surface area contributed by atoms with Gasteiger partial charge in [0.1, 0.15) is 0 Å². The highest BCUT2D eigenvalue weighted by Gasteiger charge is 2.08. The van der Waals surface area contributed by atoms with Crippen molar-refractivity contribution in [2.24, 2.45) is 4.99 Å². The summed E-state index contributed by atoms with van der Waals surface area (Å²) < 4.78 is 0. The molecule has 0 bridgehead atoms. The Balaban J connectivity index is 0.00000338. The quantitative estimate of drug-likeness (QED) is 0.217. The number of para-hydroxylation sites is 1. The predicted octanol–water partition coefficient (Wildman–Crippen LogP) is 3.44. The molecule has 0 saturated carbocycles. The SMILES string of the molecule is CCc1cccc2c(CCNC(=NC)NCCNC(C)(C)C)c[nH]c12.I. The molecule has 1 aromatic heterocycles. The molecule has 2 rings (SSSR count). The van der Waals surface area contributed by atoms with Crippen LogP contribution in [0.4, 0.5) is 0 Å². The second-order valence-corrected chi connectivity index (χ2v) is 7.36. The minimum atomic E-state index is 0. The van der Waals surface area contributed by atoms with Gasteiger partial charge in [-0.25, -0.2) is 0 Å². The van der Waals surface area contributed by atoms with Crippen molar-refractivity contribution in [3.63, 3.8) is 0 Å².